The van der Waals surface area contributed by atoms with E-state index in [4.69, 9.17) is 11.5 Å². The second-order valence-corrected chi connectivity index (χ2v) is 3.24. The van der Waals surface area contributed by atoms with Crippen LogP contribution in [0.3, 0.4) is 0 Å². The maximum absolute atomic E-state index is 5.48. The zero-order valence-corrected chi connectivity index (χ0v) is 9.37. The van der Waals surface area contributed by atoms with Gasteiger partial charge in [0.2, 0.25) is 0 Å². The molecule has 0 atom stereocenters. The molecule has 0 unspecified atom stereocenters. The van der Waals surface area contributed by atoms with Gasteiger partial charge in [-0.25, -0.2) is 0 Å². The third-order valence-corrected chi connectivity index (χ3v) is 2.20. The standard InChI is InChI=1S/C9H17N3.C2H6/c10-6-8(11)7-12-9-4-2-1-3-5-9;1-2/h6-7,9H,1-5,10-11H2;1-2H3/b8-6+,12-7?;. The first-order valence-electron chi connectivity index (χ1n) is 5.53. The quantitative estimate of drug-likeness (QED) is 0.666. The highest BCUT2D eigenvalue weighted by Crippen LogP contribution is 2.19. The molecule has 82 valence electrons. The maximum Gasteiger partial charge on any atom is 0.0653 e. The summed E-state index contributed by atoms with van der Waals surface area (Å²) in [4.78, 5) is 4.36. The summed E-state index contributed by atoms with van der Waals surface area (Å²) in [5.74, 6) is 0. The summed E-state index contributed by atoms with van der Waals surface area (Å²) in [6.07, 6.45) is 9.42. The summed E-state index contributed by atoms with van der Waals surface area (Å²) >= 11 is 0. The van der Waals surface area contributed by atoms with Crippen molar-refractivity contribution >= 4 is 6.21 Å². The van der Waals surface area contributed by atoms with Gasteiger partial charge in [-0.1, -0.05) is 33.1 Å². The fourth-order valence-corrected chi connectivity index (χ4v) is 1.46. The Kier molecular flexibility index (Phi) is 7.99. The van der Waals surface area contributed by atoms with Gasteiger partial charge in [-0.15, -0.1) is 0 Å². The van der Waals surface area contributed by atoms with Crippen molar-refractivity contribution in [2.24, 2.45) is 16.5 Å². The number of nitrogens with zero attached hydrogens (tertiary/aromatic N) is 1. The van der Waals surface area contributed by atoms with Crippen molar-refractivity contribution in [2.75, 3.05) is 0 Å². The normalized spacial score (nSPS) is 19.1. The molecular weight excluding hydrogens is 174 g/mol. The summed E-state index contributed by atoms with van der Waals surface area (Å²) in [6, 6.07) is 0.484. The Hall–Kier alpha value is -0.990. The Labute approximate surface area is 87.3 Å². The molecule has 1 saturated carbocycles. The van der Waals surface area contributed by atoms with Crippen molar-refractivity contribution < 1.29 is 0 Å². The number of allylic oxidation sites excluding steroid dienone is 1. The van der Waals surface area contributed by atoms with Crippen molar-refractivity contribution in [3.8, 4) is 0 Å². The predicted molar refractivity (Wildman–Crippen MR) is 63.2 cm³/mol. The molecule has 3 nitrogen and oxygen atoms in total. The first-order chi connectivity index (χ1) is 6.83. The van der Waals surface area contributed by atoms with Crippen molar-refractivity contribution in [3.05, 3.63) is 11.9 Å². The van der Waals surface area contributed by atoms with Gasteiger partial charge >= 0.3 is 0 Å². The highest BCUT2D eigenvalue weighted by molar-refractivity contribution is 5.77. The number of aliphatic imine (C=N–C) groups is 1. The van der Waals surface area contributed by atoms with E-state index in [1.54, 1.807) is 6.21 Å². The zero-order chi connectivity index (χ0) is 10.8. The van der Waals surface area contributed by atoms with Crippen LogP contribution in [0, 0.1) is 0 Å². The molecular formula is C11H23N3. The van der Waals surface area contributed by atoms with Crippen LogP contribution in [0.25, 0.3) is 0 Å². The lowest BCUT2D eigenvalue weighted by molar-refractivity contribution is 0.444. The molecule has 0 aromatic heterocycles. The third kappa shape index (κ3) is 5.62. The molecule has 0 radical (unpaired) electrons. The van der Waals surface area contributed by atoms with Crippen molar-refractivity contribution in [1.82, 2.24) is 0 Å². The second kappa shape index (κ2) is 8.60. The minimum absolute atomic E-state index is 0.484. The van der Waals surface area contributed by atoms with Crippen LogP contribution in [-0.4, -0.2) is 12.3 Å². The van der Waals surface area contributed by atoms with Crippen LogP contribution in [-0.2, 0) is 0 Å². The SMILES string of the molecule is CC.N/C=C(/N)C=NC1CCCCC1. The molecule has 0 heterocycles. The lowest BCUT2D eigenvalue weighted by Crippen LogP contribution is -2.11. The molecule has 4 N–H and O–H groups in total. The Morgan fingerprint density at radius 1 is 1.21 bits per heavy atom. The average molecular weight is 197 g/mol. The molecule has 14 heavy (non-hydrogen) atoms. The molecule has 0 bridgehead atoms. The summed E-state index contributed by atoms with van der Waals surface area (Å²) < 4.78 is 0. The minimum Gasteiger partial charge on any atom is -0.403 e. The van der Waals surface area contributed by atoms with Crippen molar-refractivity contribution in [2.45, 2.75) is 52.0 Å². The molecule has 0 aromatic carbocycles. The molecule has 0 amide bonds. The van der Waals surface area contributed by atoms with E-state index in [-0.39, 0.29) is 0 Å². The lowest BCUT2D eigenvalue weighted by atomic mass is 9.96. The molecule has 0 saturated heterocycles. The first-order valence-corrected chi connectivity index (χ1v) is 5.53. The van der Waals surface area contributed by atoms with E-state index in [1.165, 1.54) is 38.3 Å². The van der Waals surface area contributed by atoms with Gasteiger partial charge in [0.15, 0.2) is 0 Å². The molecule has 0 spiro atoms. The van der Waals surface area contributed by atoms with Crippen LogP contribution in [0.4, 0.5) is 0 Å². The number of hydrogen-bond donors (Lipinski definition) is 2. The van der Waals surface area contributed by atoms with Crippen LogP contribution in [0.1, 0.15) is 46.0 Å². The average Bonchev–Trinajstić information content (AvgIpc) is 2.30. The van der Waals surface area contributed by atoms with Gasteiger partial charge in [0, 0.05) is 12.4 Å². The van der Waals surface area contributed by atoms with E-state index in [2.05, 4.69) is 4.99 Å². The molecule has 1 fully saturated rings. The smallest absolute Gasteiger partial charge is 0.0653 e. The minimum atomic E-state index is 0.484. The van der Waals surface area contributed by atoms with Crippen LogP contribution in [0.2, 0.25) is 0 Å². The molecule has 1 rings (SSSR count). The Balaban J connectivity index is 0.000000791. The molecule has 1 aliphatic rings. The van der Waals surface area contributed by atoms with Gasteiger partial charge in [-0.05, 0) is 12.8 Å². The third-order valence-electron chi connectivity index (χ3n) is 2.20. The lowest BCUT2D eigenvalue weighted by Gasteiger charge is -2.16. The summed E-state index contributed by atoms with van der Waals surface area (Å²) in [6.45, 7) is 4.00. The van der Waals surface area contributed by atoms with E-state index >= 15 is 0 Å². The summed E-state index contributed by atoms with van der Waals surface area (Å²) in [5, 5.41) is 0. The van der Waals surface area contributed by atoms with Gasteiger partial charge in [0.25, 0.3) is 0 Å². The molecule has 0 aromatic rings. The summed E-state index contributed by atoms with van der Waals surface area (Å²) in [5.41, 5.74) is 11.2. The van der Waals surface area contributed by atoms with Gasteiger partial charge in [0.05, 0.1) is 11.7 Å². The number of rotatable bonds is 2. The second-order valence-electron chi connectivity index (χ2n) is 3.24. The zero-order valence-electron chi connectivity index (χ0n) is 9.37. The largest absolute Gasteiger partial charge is 0.403 e. The van der Waals surface area contributed by atoms with E-state index in [0.29, 0.717) is 11.7 Å². The number of nitrogens with two attached hydrogens (primary N) is 2. The monoisotopic (exact) mass is 197 g/mol. The summed E-state index contributed by atoms with van der Waals surface area (Å²) in [7, 11) is 0. The van der Waals surface area contributed by atoms with Crippen molar-refractivity contribution in [1.29, 1.82) is 0 Å². The fourth-order valence-electron chi connectivity index (χ4n) is 1.46. The topological polar surface area (TPSA) is 64.4 Å². The molecule has 0 aliphatic heterocycles. The predicted octanol–water partition coefficient (Wildman–Crippen LogP) is 2.17. The Morgan fingerprint density at radius 2 is 1.79 bits per heavy atom. The Bertz CT molecular complexity index is 179. The highest BCUT2D eigenvalue weighted by atomic mass is 14.8. The molecule has 3 heteroatoms. The van der Waals surface area contributed by atoms with Crippen LogP contribution >= 0.6 is 0 Å². The van der Waals surface area contributed by atoms with Gasteiger partial charge < -0.3 is 11.5 Å². The maximum atomic E-state index is 5.48. The van der Waals surface area contributed by atoms with E-state index in [0.717, 1.165) is 0 Å². The van der Waals surface area contributed by atoms with Crippen molar-refractivity contribution in [3.63, 3.8) is 0 Å². The Morgan fingerprint density at radius 3 is 2.29 bits per heavy atom. The van der Waals surface area contributed by atoms with Crippen LogP contribution in [0.5, 0.6) is 0 Å². The van der Waals surface area contributed by atoms with Crippen LogP contribution < -0.4 is 11.5 Å². The highest BCUT2D eigenvalue weighted by Gasteiger charge is 2.10. The van der Waals surface area contributed by atoms with Crippen LogP contribution in [0.15, 0.2) is 16.9 Å². The van der Waals surface area contributed by atoms with Gasteiger partial charge in [-0.2, -0.15) is 0 Å². The van der Waals surface area contributed by atoms with E-state index in [1.807, 2.05) is 13.8 Å². The van der Waals surface area contributed by atoms with Gasteiger partial charge in [0.1, 0.15) is 0 Å². The molecule has 1 aliphatic carbocycles. The van der Waals surface area contributed by atoms with E-state index < -0.39 is 0 Å². The fraction of sp³-hybridized carbons (Fsp3) is 0.727. The first kappa shape index (κ1) is 13.0. The van der Waals surface area contributed by atoms with E-state index in [9.17, 15) is 0 Å². The number of hydrogen-bond acceptors (Lipinski definition) is 3. The van der Waals surface area contributed by atoms with Gasteiger partial charge in [-0.3, -0.25) is 4.99 Å².